The Labute approximate surface area is 102 Å². The van der Waals surface area contributed by atoms with Crippen LogP contribution in [-0.4, -0.2) is 16.9 Å². The summed E-state index contributed by atoms with van der Waals surface area (Å²) in [5.74, 6) is -0.794. The molecule has 2 amide bonds. The van der Waals surface area contributed by atoms with Gasteiger partial charge in [-0.2, -0.15) is 0 Å². The van der Waals surface area contributed by atoms with Gasteiger partial charge in [0, 0.05) is 11.6 Å². The van der Waals surface area contributed by atoms with Gasteiger partial charge in [-0.1, -0.05) is 29.8 Å². The van der Waals surface area contributed by atoms with E-state index in [2.05, 4.69) is 5.32 Å². The van der Waals surface area contributed by atoms with Crippen LogP contribution in [-0.2, 0) is 4.79 Å². The molecule has 1 aromatic rings. The van der Waals surface area contributed by atoms with Crippen molar-refractivity contribution in [3.63, 3.8) is 0 Å². The average Bonchev–Trinajstić information content (AvgIpc) is 2.58. The molecule has 1 saturated heterocycles. The Morgan fingerprint density at radius 2 is 1.88 bits per heavy atom. The summed E-state index contributed by atoms with van der Waals surface area (Å²) in [5.41, 5.74) is 1.55. The van der Waals surface area contributed by atoms with Crippen LogP contribution in [0.25, 0.3) is 0 Å². The molecule has 1 aromatic carbocycles. The molecule has 0 spiro atoms. The van der Waals surface area contributed by atoms with E-state index in [4.69, 9.17) is 0 Å². The minimum Gasteiger partial charge on any atom is -0.289 e. The van der Waals surface area contributed by atoms with Crippen molar-refractivity contribution < 1.29 is 14.4 Å². The second-order valence-corrected chi connectivity index (χ2v) is 4.60. The number of ketones is 1. The maximum Gasteiger partial charge on any atom is 0.290 e. The predicted octanol–water partition coefficient (Wildman–Crippen LogP) is 2.04. The summed E-state index contributed by atoms with van der Waals surface area (Å²) >= 11 is 0.741. The number of hydrogen-bond donors (Lipinski definition) is 1. The zero-order valence-electron chi connectivity index (χ0n) is 9.02. The molecule has 1 fully saturated rings. The van der Waals surface area contributed by atoms with Crippen LogP contribution in [0.4, 0.5) is 4.79 Å². The van der Waals surface area contributed by atoms with Crippen molar-refractivity contribution in [2.45, 2.75) is 6.92 Å². The van der Waals surface area contributed by atoms with E-state index >= 15 is 0 Å². The fourth-order valence-electron chi connectivity index (χ4n) is 1.34. The Kier molecular flexibility index (Phi) is 3.10. The van der Waals surface area contributed by atoms with Gasteiger partial charge in [0.1, 0.15) is 0 Å². The zero-order chi connectivity index (χ0) is 12.4. The third-order valence-corrected chi connectivity index (χ3v) is 3.05. The molecule has 1 aliphatic rings. The molecule has 2 rings (SSSR count). The second-order valence-electron chi connectivity index (χ2n) is 3.58. The highest BCUT2D eigenvalue weighted by Crippen LogP contribution is 2.23. The van der Waals surface area contributed by atoms with Crippen molar-refractivity contribution in [2.75, 3.05) is 0 Å². The van der Waals surface area contributed by atoms with Gasteiger partial charge in [-0.3, -0.25) is 19.7 Å². The molecule has 0 bridgehead atoms. The Morgan fingerprint density at radius 1 is 1.24 bits per heavy atom. The number of benzene rings is 1. The van der Waals surface area contributed by atoms with Crippen LogP contribution in [0.3, 0.4) is 0 Å². The van der Waals surface area contributed by atoms with Crippen molar-refractivity contribution in [1.29, 1.82) is 0 Å². The first-order valence-corrected chi connectivity index (χ1v) is 5.74. The average molecular weight is 247 g/mol. The Bertz CT molecular complexity index is 531. The molecule has 1 heterocycles. The maximum atomic E-state index is 11.8. The molecule has 0 radical (unpaired) electrons. The molecule has 0 aliphatic carbocycles. The standard InChI is InChI=1S/C12H9NO3S/c1-7-2-4-8(5-3-7)9(14)6-10-11(15)13-12(16)17-10/h2-6H,1H3,(H,13,15,16)/b10-6-. The summed E-state index contributed by atoms with van der Waals surface area (Å²) in [7, 11) is 0. The molecule has 5 heteroatoms. The van der Waals surface area contributed by atoms with Crippen LogP contribution in [0.2, 0.25) is 0 Å². The molecule has 17 heavy (non-hydrogen) atoms. The highest BCUT2D eigenvalue weighted by atomic mass is 32.2. The van der Waals surface area contributed by atoms with Crippen LogP contribution < -0.4 is 5.32 Å². The largest absolute Gasteiger partial charge is 0.290 e. The van der Waals surface area contributed by atoms with Gasteiger partial charge in [0.25, 0.3) is 11.1 Å². The first-order chi connectivity index (χ1) is 8.06. The summed E-state index contributed by atoms with van der Waals surface area (Å²) in [6.07, 6.45) is 1.19. The smallest absolute Gasteiger partial charge is 0.289 e. The summed E-state index contributed by atoms with van der Waals surface area (Å²) in [4.78, 5) is 34.1. The van der Waals surface area contributed by atoms with Gasteiger partial charge < -0.3 is 0 Å². The SMILES string of the molecule is Cc1ccc(C(=O)/C=C2\SC(=O)NC2=O)cc1. The van der Waals surface area contributed by atoms with Crippen LogP contribution in [0.1, 0.15) is 15.9 Å². The highest BCUT2D eigenvalue weighted by molar-refractivity contribution is 8.18. The minimum atomic E-state index is -0.513. The normalized spacial score (nSPS) is 17.4. The maximum absolute atomic E-state index is 11.8. The van der Waals surface area contributed by atoms with Crippen LogP contribution in [0.15, 0.2) is 35.2 Å². The molecule has 0 aromatic heterocycles. The van der Waals surface area contributed by atoms with Crippen molar-refractivity contribution in [2.24, 2.45) is 0 Å². The van der Waals surface area contributed by atoms with Crippen molar-refractivity contribution in [1.82, 2.24) is 5.32 Å². The lowest BCUT2D eigenvalue weighted by Gasteiger charge is -1.97. The molecule has 1 aliphatic heterocycles. The molecule has 0 atom stereocenters. The van der Waals surface area contributed by atoms with Gasteiger partial charge in [0.15, 0.2) is 5.78 Å². The van der Waals surface area contributed by atoms with E-state index in [1.165, 1.54) is 6.08 Å². The number of carbonyl (C=O) groups is 3. The quantitative estimate of drug-likeness (QED) is 0.641. The van der Waals surface area contributed by atoms with Gasteiger partial charge in [0.2, 0.25) is 0 Å². The molecular weight excluding hydrogens is 238 g/mol. The number of allylic oxidation sites excluding steroid dienone is 1. The predicted molar refractivity (Wildman–Crippen MR) is 64.7 cm³/mol. The van der Waals surface area contributed by atoms with E-state index in [1.807, 2.05) is 19.1 Å². The highest BCUT2D eigenvalue weighted by Gasteiger charge is 2.25. The van der Waals surface area contributed by atoms with E-state index in [9.17, 15) is 14.4 Å². The number of rotatable bonds is 2. The number of nitrogens with one attached hydrogen (secondary N) is 1. The van der Waals surface area contributed by atoms with Crippen molar-refractivity contribution in [3.8, 4) is 0 Å². The number of thioether (sulfide) groups is 1. The zero-order valence-corrected chi connectivity index (χ0v) is 9.84. The fourth-order valence-corrected chi connectivity index (χ4v) is 1.99. The van der Waals surface area contributed by atoms with E-state index in [0.717, 1.165) is 17.3 Å². The van der Waals surface area contributed by atoms with E-state index < -0.39 is 11.1 Å². The lowest BCUT2D eigenvalue weighted by atomic mass is 10.1. The lowest BCUT2D eigenvalue weighted by molar-refractivity contribution is -0.115. The monoisotopic (exact) mass is 247 g/mol. The van der Waals surface area contributed by atoms with E-state index in [-0.39, 0.29) is 10.7 Å². The number of imide groups is 1. The summed E-state index contributed by atoms with van der Waals surface area (Å²) < 4.78 is 0. The van der Waals surface area contributed by atoms with E-state index in [1.54, 1.807) is 12.1 Å². The topological polar surface area (TPSA) is 63.2 Å². The summed E-state index contributed by atoms with van der Waals surface area (Å²) in [6.45, 7) is 1.92. The van der Waals surface area contributed by atoms with Gasteiger partial charge in [-0.25, -0.2) is 0 Å². The lowest BCUT2D eigenvalue weighted by Crippen LogP contribution is -2.18. The Hall–Kier alpha value is -1.88. The van der Waals surface area contributed by atoms with Crippen LogP contribution >= 0.6 is 11.8 Å². The Balaban J connectivity index is 2.22. The van der Waals surface area contributed by atoms with Gasteiger partial charge in [-0.05, 0) is 18.7 Å². The second kappa shape index (κ2) is 4.55. The first-order valence-electron chi connectivity index (χ1n) is 4.92. The van der Waals surface area contributed by atoms with Gasteiger partial charge >= 0.3 is 0 Å². The summed E-state index contributed by atoms with van der Waals surface area (Å²) in [6, 6.07) is 7.01. The van der Waals surface area contributed by atoms with Crippen molar-refractivity contribution >= 4 is 28.7 Å². The molecule has 4 nitrogen and oxygen atoms in total. The number of aryl methyl sites for hydroxylation is 1. The minimum absolute atomic E-state index is 0.139. The molecule has 1 N–H and O–H groups in total. The molecule has 86 valence electrons. The van der Waals surface area contributed by atoms with Crippen LogP contribution in [0, 0.1) is 6.92 Å². The third kappa shape index (κ3) is 2.62. The Morgan fingerprint density at radius 3 is 2.41 bits per heavy atom. The van der Waals surface area contributed by atoms with Gasteiger partial charge in [0.05, 0.1) is 4.91 Å². The van der Waals surface area contributed by atoms with Crippen LogP contribution in [0.5, 0.6) is 0 Å². The molecule has 0 unspecified atom stereocenters. The number of amides is 2. The van der Waals surface area contributed by atoms with Crippen molar-refractivity contribution in [3.05, 3.63) is 46.4 Å². The fraction of sp³-hybridized carbons (Fsp3) is 0.0833. The van der Waals surface area contributed by atoms with Gasteiger partial charge in [-0.15, -0.1) is 0 Å². The third-order valence-electron chi connectivity index (χ3n) is 2.24. The number of carbonyl (C=O) groups excluding carboxylic acids is 3. The molecular formula is C12H9NO3S. The first kappa shape index (κ1) is 11.6. The summed E-state index contributed by atoms with van der Waals surface area (Å²) in [5, 5.41) is 1.65. The molecule has 0 saturated carbocycles. The van der Waals surface area contributed by atoms with E-state index in [0.29, 0.717) is 5.56 Å². The number of hydrogen-bond acceptors (Lipinski definition) is 4.